The molecule has 0 fully saturated rings. The maximum Gasteiger partial charge on any atom is 0.264 e. The lowest BCUT2D eigenvalue weighted by Gasteiger charge is -2.25. The van der Waals surface area contributed by atoms with Crippen LogP contribution in [0, 0.1) is 5.82 Å². The lowest BCUT2D eigenvalue weighted by Crippen LogP contribution is -2.37. The summed E-state index contributed by atoms with van der Waals surface area (Å²) in [7, 11) is 0. The van der Waals surface area contributed by atoms with Crippen molar-refractivity contribution in [2.24, 2.45) is 5.16 Å². The summed E-state index contributed by atoms with van der Waals surface area (Å²) in [5.41, 5.74) is 2.23. The first-order chi connectivity index (χ1) is 14.1. The number of benzene rings is 2. The zero-order valence-corrected chi connectivity index (χ0v) is 17.0. The molecule has 0 bridgehead atoms. The van der Waals surface area contributed by atoms with Gasteiger partial charge in [-0.25, -0.2) is 4.39 Å². The fraction of sp³-hybridized carbons (Fsp3) is 0.182. The van der Waals surface area contributed by atoms with Crippen LogP contribution < -0.4 is 0 Å². The molecule has 1 aromatic heterocycles. The molecule has 0 saturated carbocycles. The van der Waals surface area contributed by atoms with Crippen LogP contribution >= 0.6 is 22.9 Å². The van der Waals surface area contributed by atoms with Gasteiger partial charge in [0.1, 0.15) is 5.82 Å². The van der Waals surface area contributed by atoms with Gasteiger partial charge in [0.15, 0.2) is 6.10 Å². The van der Waals surface area contributed by atoms with Crippen LogP contribution in [0.4, 0.5) is 4.39 Å². The molecule has 4 nitrogen and oxygen atoms in total. The highest BCUT2D eigenvalue weighted by Crippen LogP contribution is 2.23. The molecule has 0 radical (unpaired) electrons. The normalized spacial score (nSPS) is 15.7. The number of nitrogens with zero attached hydrogens (tertiary/aromatic N) is 2. The van der Waals surface area contributed by atoms with Gasteiger partial charge >= 0.3 is 0 Å². The Bertz CT molecular complexity index is 1040. The van der Waals surface area contributed by atoms with E-state index in [2.05, 4.69) is 5.16 Å². The van der Waals surface area contributed by atoms with Crippen LogP contribution in [-0.4, -0.2) is 29.2 Å². The van der Waals surface area contributed by atoms with Gasteiger partial charge in [-0.1, -0.05) is 53.2 Å². The molecular weight excluding hydrogens is 411 g/mol. The Morgan fingerprint density at radius 1 is 1.21 bits per heavy atom. The number of oxime groups is 1. The van der Waals surface area contributed by atoms with Crippen molar-refractivity contribution in [2.75, 3.05) is 6.54 Å². The fourth-order valence-electron chi connectivity index (χ4n) is 3.22. The lowest BCUT2D eigenvalue weighted by molar-refractivity contribution is 0.0408. The molecule has 2 aromatic carbocycles. The van der Waals surface area contributed by atoms with Gasteiger partial charge in [-0.2, -0.15) is 0 Å². The third kappa shape index (κ3) is 4.66. The summed E-state index contributed by atoms with van der Waals surface area (Å²) in [5, 5.41) is 6.60. The first kappa shape index (κ1) is 19.6. The van der Waals surface area contributed by atoms with Gasteiger partial charge in [-0.05, 0) is 35.2 Å². The van der Waals surface area contributed by atoms with Gasteiger partial charge in [0, 0.05) is 23.6 Å². The monoisotopic (exact) mass is 428 g/mol. The van der Waals surface area contributed by atoms with E-state index in [1.165, 1.54) is 23.5 Å². The van der Waals surface area contributed by atoms with E-state index in [9.17, 15) is 9.18 Å². The number of amides is 1. The smallest absolute Gasteiger partial charge is 0.264 e. The molecular formula is C22H18ClFN2O2S. The standard InChI is InChI=1S/C22H18ClFN2O2S/c23-19-8-2-1-5-16(19)13-26(22(27)21-9-4-10-29-21)14-18-12-20(25-28-18)15-6-3-7-17(24)11-15/h1-11,18H,12-14H2. The van der Waals surface area contributed by atoms with Crippen molar-refractivity contribution in [3.05, 3.63) is 92.9 Å². The Balaban J connectivity index is 1.50. The van der Waals surface area contributed by atoms with E-state index in [1.54, 1.807) is 23.1 Å². The lowest BCUT2D eigenvalue weighted by atomic mass is 10.0. The summed E-state index contributed by atoms with van der Waals surface area (Å²) in [6, 6.07) is 17.4. The average Bonchev–Trinajstić information content (AvgIpc) is 3.41. The molecule has 1 aliphatic rings. The second-order valence-corrected chi connectivity index (χ2v) is 8.09. The minimum absolute atomic E-state index is 0.0808. The zero-order valence-electron chi connectivity index (χ0n) is 15.4. The third-order valence-electron chi connectivity index (χ3n) is 4.65. The molecule has 1 unspecified atom stereocenters. The number of halogens is 2. The van der Waals surface area contributed by atoms with Crippen molar-refractivity contribution in [3.8, 4) is 0 Å². The topological polar surface area (TPSA) is 41.9 Å². The molecule has 2 heterocycles. The highest BCUT2D eigenvalue weighted by Gasteiger charge is 2.28. The Morgan fingerprint density at radius 3 is 2.83 bits per heavy atom. The van der Waals surface area contributed by atoms with Crippen LogP contribution in [0.25, 0.3) is 0 Å². The van der Waals surface area contributed by atoms with Crippen LogP contribution in [0.3, 0.4) is 0 Å². The van der Waals surface area contributed by atoms with Crippen LogP contribution in [0.5, 0.6) is 0 Å². The van der Waals surface area contributed by atoms with Crippen LogP contribution in [0.15, 0.2) is 71.2 Å². The number of thiophene rings is 1. The maximum atomic E-state index is 13.5. The highest BCUT2D eigenvalue weighted by molar-refractivity contribution is 7.12. The molecule has 0 aliphatic carbocycles. The average molecular weight is 429 g/mol. The Labute approximate surface area is 177 Å². The summed E-state index contributed by atoms with van der Waals surface area (Å²) in [5.74, 6) is -0.399. The van der Waals surface area contributed by atoms with E-state index in [4.69, 9.17) is 16.4 Å². The Kier molecular flexibility index (Phi) is 5.92. The van der Waals surface area contributed by atoms with E-state index in [-0.39, 0.29) is 17.8 Å². The zero-order chi connectivity index (χ0) is 20.2. The van der Waals surface area contributed by atoms with Crippen molar-refractivity contribution in [2.45, 2.75) is 19.1 Å². The second kappa shape index (κ2) is 8.76. The van der Waals surface area contributed by atoms with Gasteiger partial charge < -0.3 is 9.74 Å². The molecule has 148 valence electrons. The van der Waals surface area contributed by atoms with E-state index in [0.717, 1.165) is 5.56 Å². The molecule has 3 aromatic rings. The van der Waals surface area contributed by atoms with Crippen molar-refractivity contribution < 1.29 is 14.0 Å². The maximum absolute atomic E-state index is 13.5. The first-order valence-corrected chi connectivity index (χ1v) is 10.4. The number of rotatable bonds is 6. The Hall–Kier alpha value is -2.70. The SMILES string of the molecule is O=C(c1cccs1)N(Cc1ccccc1Cl)CC1CC(c2cccc(F)c2)=NO1. The van der Waals surface area contributed by atoms with Crippen molar-refractivity contribution in [3.63, 3.8) is 0 Å². The molecule has 0 N–H and O–H groups in total. The molecule has 0 spiro atoms. The summed E-state index contributed by atoms with van der Waals surface area (Å²) < 4.78 is 13.5. The van der Waals surface area contributed by atoms with Gasteiger partial charge in [0.2, 0.25) is 0 Å². The predicted octanol–water partition coefficient (Wildman–Crippen LogP) is 5.38. The van der Waals surface area contributed by atoms with Gasteiger partial charge in [-0.3, -0.25) is 4.79 Å². The molecule has 1 aliphatic heterocycles. The van der Waals surface area contributed by atoms with Gasteiger partial charge in [-0.15, -0.1) is 11.3 Å². The van der Waals surface area contributed by atoms with Crippen molar-refractivity contribution >= 4 is 34.6 Å². The van der Waals surface area contributed by atoms with E-state index < -0.39 is 0 Å². The minimum Gasteiger partial charge on any atom is -0.390 e. The first-order valence-electron chi connectivity index (χ1n) is 9.15. The number of carbonyl (C=O) groups is 1. The molecule has 1 atom stereocenters. The van der Waals surface area contributed by atoms with E-state index in [1.807, 2.05) is 35.7 Å². The summed E-state index contributed by atoms with van der Waals surface area (Å²) in [6.45, 7) is 0.718. The van der Waals surface area contributed by atoms with Gasteiger partial charge in [0.05, 0.1) is 17.1 Å². The molecule has 4 rings (SSSR count). The predicted molar refractivity (Wildman–Crippen MR) is 113 cm³/mol. The fourth-order valence-corrected chi connectivity index (χ4v) is 4.10. The minimum atomic E-state index is -0.318. The summed E-state index contributed by atoms with van der Waals surface area (Å²) >= 11 is 7.70. The molecule has 0 saturated heterocycles. The van der Waals surface area contributed by atoms with Gasteiger partial charge in [0.25, 0.3) is 5.91 Å². The quantitative estimate of drug-likeness (QED) is 0.529. The van der Waals surface area contributed by atoms with Crippen molar-refractivity contribution in [1.29, 1.82) is 0 Å². The molecule has 1 amide bonds. The van der Waals surface area contributed by atoms with E-state index >= 15 is 0 Å². The summed E-state index contributed by atoms with van der Waals surface area (Å²) in [4.78, 5) is 21.0. The molecule has 29 heavy (non-hydrogen) atoms. The molecule has 7 heteroatoms. The van der Waals surface area contributed by atoms with Crippen LogP contribution in [-0.2, 0) is 11.4 Å². The number of carbonyl (C=O) groups excluding carboxylic acids is 1. The number of hydrogen-bond donors (Lipinski definition) is 0. The van der Waals surface area contributed by atoms with E-state index in [0.29, 0.717) is 40.7 Å². The van der Waals surface area contributed by atoms with Crippen LogP contribution in [0.2, 0.25) is 5.02 Å². The largest absolute Gasteiger partial charge is 0.390 e. The Morgan fingerprint density at radius 2 is 2.07 bits per heavy atom. The second-order valence-electron chi connectivity index (χ2n) is 6.73. The number of hydrogen-bond acceptors (Lipinski definition) is 4. The van der Waals surface area contributed by atoms with Crippen LogP contribution in [0.1, 0.15) is 27.2 Å². The third-order valence-corrected chi connectivity index (χ3v) is 5.88. The highest BCUT2D eigenvalue weighted by atomic mass is 35.5. The van der Waals surface area contributed by atoms with Crippen molar-refractivity contribution in [1.82, 2.24) is 4.90 Å². The summed E-state index contributed by atoms with van der Waals surface area (Å²) in [6.07, 6.45) is 0.194.